The third-order valence-electron chi connectivity index (χ3n) is 1.20. The number of thiophene rings is 1. The molecular weight excluding hydrogens is 162 g/mol. The molecule has 1 aromatic heterocycles. The second kappa shape index (κ2) is 3.62. The third kappa shape index (κ3) is 1.74. The van der Waals surface area contributed by atoms with Crippen molar-refractivity contribution >= 4 is 28.7 Å². The van der Waals surface area contributed by atoms with E-state index in [1.165, 1.54) is 4.88 Å². The average Bonchev–Trinajstić information content (AvgIpc) is 2.38. The van der Waals surface area contributed by atoms with Gasteiger partial charge in [0.2, 0.25) is 0 Å². The highest BCUT2D eigenvalue weighted by molar-refractivity contribution is 7.78. The van der Waals surface area contributed by atoms with Crippen molar-refractivity contribution in [3.05, 3.63) is 22.4 Å². The van der Waals surface area contributed by atoms with Crippen molar-refractivity contribution in [3.8, 4) is 0 Å². The van der Waals surface area contributed by atoms with Crippen LogP contribution in [0.15, 0.2) is 22.5 Å². The summed E-state index contributed by atoms with van der Waals surface area (Å²) in [5.41, 5.74) is 0. The van der Waals surface area contributed by atoms with Crippen LogP contribution in [0.5, 0.6) is 0 Å². The summed E-state index contributed by atoms with van der Waals surface area (Å²) in [6.07, 6.45) is 0. The average molecular weight is 169 g/mol. The van der Waals surface area contributed by atoms with Gasteiger partial charge in [0.05, 0.1) is 11.2 Å². The Morgan fingerprint density at radius 3 is 3.10 bits per heavy atom. The highest BCUT2D eigenvalue weighted by atomic mass is 32.1. The Hall–Kier alpha value is -0.500. The van der Waals surface area contributed by atoms with Crippen molar-refractivity contribution in [3.63, 3.8) is 0 Å². The Bertz CT molecular complexity index is 234. The molecule has 1 aromatic rings. The van der Waals surface area contributed by atoms with E-state index >= 15 is 0 Å². The van der Waals surface area contributed by atoms with E-state index in [4.69, 9.17) is 0 Å². The lowest BCUT2D eigenvalue weighted by Gasteiger charge is -1.96. The van der Waals surface area contributed by atoms with Gasteiger partial charge in [0.25, 0.3) is 0 Å². The normalized spacial score (nSPS) is 12.1. The predicted molar refractivity (Wildman–Crippen MR) is 47.8 cm³/mol. The second-order valence-corrected chi connectivity index (χ2v) is 3.07. The molecule has 0 aliphatic rings. The van der Waals surface area contributed by atoms with Crippen molar-refractivity contribution in [1.82, 2.24) is 0 Å². The monoisotopic (exact) mass is 169 g/mol. The summed E-state index contributed by atoms with van der Waals surface area (Å²) in [6.45, 7) is 2.01. The minimum absolute atomic E-state index is 0.178. The van der Waals surface area contributed by atoms with Gasteiger partial charge in [0.15, 0.2) is 0 Å². The van der Waals surface area contributed by atoms with Gasteiger partial charge >= 0.3 is 0 Å². The molecule has 1 rings (SSSR count). The van der Waals surface area contributed by atoms with Crippen molar-refractivity contribution in [2.24, 2.45) is 4.99 Å². The largest absolute Gasteiger partial charge is 0.224 e. The van der Waals surface area contributed by atoms with Crippen LogP contribution < -0.4 is 0 Å². The quantitative estimate of drug-likeness (QED) is 0.490. The molecule has 0 radical (unpaired) electrons. The van der Waals surface area contributed by atoms with Crippen LogP contribution in [0, 0.1) is 0 Å². The van der Waals surface area contributed by atoms with Crippen LogP contribution in [0.2, 0.25) is 0 Å². The first-order valence-electron chi connectivity index (χ1n) is 2.95. The Labute approximate surface area is 69.4 Å². The fourth-order valence-corrected chi connectivity index (χ4v) is 1.55. The lowest BCUT2D eigenvalue weighted by Crippen LogP contribution is -1.81. The Morgan fingerprint density at radius 2 is 2.60 bits per heavy atom. The van der Waals surface area contributed by atoms with Gasteiger partial charge in [-0.15, -0.1) is 11.3 Å². The molecule has 0 saturated heterocycles. The Kier molecular flexibility index (Phi) is 2.75. The first kappa shape index (κ1) is 7.61. The number of hydrogen-bond acceptors (Lipinski definition) is 3. The van der Waals surface area contributed by atoms with Crippen molar-refractivity contribution in [1.29, 1.82) is 0 Å². The topological polar surface area (TPSA) is 12.4 Å². The minimum atomic E-state index is 0.178. The molecule has 1 atom stereocenters. The van der Waals surface area contributed by atoms with Crippen molar-refractivity contribution < 1.29 is 0 Å². The lowest BCUT2D eigenvalue weighted by molar-refractivity contribution is 0.848. The Morgan fingerprint density at radius 1 is 1.80 bits per heavy atom. The van der Waals surface area contributed by atoms with Crippen LogP contribution in [0.25, 0.3) is 0 Å². The highest BCUT2D eigenvalue weighted by Gasteiger charge is 2.01. The van der Waals surface area contributed by atoms with Gasteiger partial charge in [-0.2, -0.15) is 0 Å². The first-order chi connectivity index (χ1) is 4.84. The summed E-state index contributed by atoms with van der Waals surface area (Å²) >= 11 is 6.18. The molecule has 0 fully saturated rings. The number of isothiocyanates is 1. The summed E-state index contributed by atoms with van der Waals surface area (Å²) < 4.78 is 0. The molecule has 0 N–H and O–H groups in total. The number of thiocarbonyl (C=S) groups is 1. The zero-order chi connectivity index (χ0) is 7.40. The van der Waals surface area contributed by atoms with E-state index in [0.29, 0.717) is 0 Å². The van der Waals surface area contributed by atoms with Crippen molar-refractivity contribution in [2.75, 3.05) is 0 Å². The smallest absolute Gasteiger partial charge is 0.0915 e. The van der Waals surface area contributed by atoms with Crippen LogP contribution in [-0.2, 0) is 0 Å². The van der Waals surface area contributed by atoms with E-state index in [-0.39, 0.29) is 6.04 Å². The molecule has 1 nitrogen and oxygen atoms in total. The van der Waals surface area contributed by atoms with Gasteiger partial charge in [0, 0.05) is 4.88 Å². The number of aliphatic imine (C=N–C) groups is 1. The molecule has 0 aromatic carbocycles. The SMILES string of the molecule is C[C@@H](N=C=S)c1cccs1. The van der Waals surface area contributed by atoms with Gasteiger partial charge in [-0.3, -0.25) is 0 Å². The zero-order valence-corrected chi connectivity index (χ0v) is 7.21. The van der Waals surface area contributed by atoms with E-state index in [0.717, 1.165) is 0 Å². The first-order valence-corrected chi connectivity index (χ1v) is 4.24. The molecule has 0 amide bonds. The molecule has 3 heteroatoms. The highest BCUT2D eigenvalue weighted by Crippen LogP contribution is 2.20. The van der Waals surface area contributed by atoms with Gasteiger partial charge in [-0.25, -0.2) is 4.99 Å². The van der Waals surface area contributed by atoms with E-state index in [2.05, 4.69) is 22.4 Å². The Balaban J connectivity index is 2.76. The number of nitrogens with zero attached hydrogens (tertiary/aromatic N) is 1. The summed E-state index contributed by atoms with van der Waals surface area (Å²) in [5, 5.41) is 4.40. The maximum Gasteiger partial charge on any atom is 0.0915 e. The van der Waals surface area contributed by atoms with Crippen LogP contribution >= 0.6 is 23.6 Å². The summed E-state index contributed by atoms with van der Waals surface area (Å²) in [5.74, 6) is 0. The molecule has 1 heterocycles. The predicted octanol–water partition coefficient (Wildman–Crippen LogP) is 2.91. The molecule has 0 bridgehead atoms. The second-order valence-electron chi connectivity index (χ2n) is 1.91. The molecule has 0 unspecified atom stereocenters. The standard InChI is InChI=1S/C7H7NS2/c1-6(8-5-9)7-3-2-4-10-7/h2-4,6H,1H3/t6-/m1/s1. The van der Waals surface area contributed by atoms with Crippen LogP contribution in [0.4, 0.5) is 0 Å². The lowest BCUT2D eigenvalue weighted by atomic mass is 10.3. The molecule has 0 spiro atoms. The van der Waals surface area contributed by atoms with Gasteiger partial charge in [-0.05, 0) is 30.6 Å². The van der Waals surface area contributed by atoms with Crippen LogP contribution in [-0.4, -0.2) is 5.16 Å². The molecule has 0 aliphatic carbocycles. The number of rotatable bonds is 2. The molecule has 0 aliphatic heterocycles. The summed E-state index contributed by atoms with van der Waals surface area (Å²) in [6, 6.07) is 4.23. The number of hydrogen-bond donors (Lipinski definition) is 0. The fraction of sp³-hybridized carbons (Fsp3) is 0.286. The van der Waals surface area contributed by atoms with Gasteiger partial charge < -0.3 is 0 Å². The van der Waals surface area contributed by atoms with Gasteiger partial charge in [0.1, 0.15) is 0 Å². The van der Waals surface area contributed by atoms with Crippen LogP contribution in [0.3, 0.4) is 0 Å². The molecule has 10 heavy (non-hydrogen) atoms. The zero-order valence-electron chi connectivity index (χ0n) is 5.57. The summed E-state index contributed by atoms with van der Waals surface area (Å²) in [7, 11) is 0. The van der Waals surface area contributed by atoms with E-state index in [1.54, 1.807) is 11.3 Å². The van der Waals surface area contributed by atoms with E-state index < -0.39 is 0 Å². The van der Waals surface area contributed by atoms with Crippen LogP contribution in [0.1, 0.15) is 17.8 Å². The maximum atomic E-state index is 4.49. The maximum absolute atomic E-state index is 4.49. The third-order valence-corrected chi connectivity index (χ3v) is 2.35. The molecule has 0 saturated carbocycles. The fourth-order valence-electron chi connectivity index (χ4n) is 0.672. The van der Waals surface area contributed by atoms with E-state index in [9.17, 15) is 0 Å². The van der Waals surface area contributed by atoms with Crippen molar-refractivity contribution in [2.45, 2.75) is 13.0 Å². The molecule has 52 valence electrons. The minimum Gasteiger partial charge on any atom is -0.224 e. The summed E-state index contributed by atoms with van der Waals surface area (Å²) in [4.78, 5) is 5.18. The van der Waals surface area contributed by atoms with Gasteiger partial charge in [-0.1, -0.05) is 6.07 Å². The van der Waals surface area contributed by atoms with E-state index in [1.807, 2.05) is 24.4 Å². The molecular formula is C7H7NS2.